The molecule has 0 aliphatic rings. The van der Waals surface area contributed by atoms with Crippen LogP contribution in [0.1, 0.15) is 6.42 Å². The van der Waals surface area contributed by atoms with Crippen LogP contribution in [0.15, 0.2) is 6.07 Å². The Balaban J connectivity index is 2.59. The molecule has 1 aromatic rings. The van der Waals surface area contributed by atoms with E-state index in [1.165, 1.54) is 0 Å². The molecule has 13 heavy (non-hydrogen) atoms. The highest BCUT2D eigenvalue weighted by molar-refractivity contribution is 6.33. The molecule has 0 bridgehead atoms. The van der Waals surface area contributed by atoms with Gasteiger partial charge in [0.05, 0.1) is 12.4 Å². The third-order valence-corrected chi connectivity index (χ3v) is 1.81. The van der Waals surface area contributed by atoms with Crippen LogP contribution in [0.25, 0.3) is 0 Å². The zero-order valence-corrected chi connectivity index (χ0v) is 8.24. The molecule has 0 fully saturated rings. The average molecular weight is 224 g/mol. The Morgan fingerprint density at radius 1 is 1.38 bits per heavy atom. The monoisotopic (exact) mass is 223 g/mol. The Morgan fingerprint density at radius 3 is 2.85 bits per heavy atom. The van der Waals surface area contributed by atoms with Crippen LogP contribution >= 0.6 is 23.2 Å². The lowest BCUT2D eigenvalue weighted by Crippen LogP contribution is -2.03. The Bertz CT molecular complexity index is 282. The maximum Gasteiger partial charge on any atom is 0.174 e. The third-order valence-electron chi connectivity index (χ3n) is 1.34. The summed E-state index contributed by atoms with van der Waals surface area (Å²) in [5.74, 6) is 0. The molecule has 0 amide bonds. The van der Waals surface area contributed by atoms with Crippen molar-refractivity contribution in [3.8, 4) is 0 Å². The maximum atomic E-state index is 11.7. The van der Waals surface area contributed by atoms with Gasteiger partial charge in [0.15, 0.2) is 10.3 Å². The van der Waals surface area contributed by atoms with Crippen molar-refractivity contribution in [2.24, 2.45) is 0 Å². The summed E-state index contributed by atoms with van der Waals surface area (Å²) in [5, 5.41) is 10.5. The van der Waals surface area contributed by atoms with Crippen LogP contribution in [0.5, 0.6) is 0 Å². The number of hydrogen-bond donors (Lipinski definition) is 1. The summed E-state index contributed by atoms with van der Waals surface area (Å²) < 4.78 is 11.7. The second-order valence-electron chi connectivity index (χ2n) is 2.34. The van der Waals surface area contributed by atoms with E-state index in [1.54, 1.807) is 6.07 Å². The van der Waals surface area contributed by atoms with E-state index in [2.05, 4.69) is 15.5 Å². The summed E-state index contributed by atoms with van der Waals surface area (Å²) in [6.07, 6.45) is 0.427. The fourth-order valence-corrected chi connectivity index (χ4v) is 1.07. The zero-order chi connectivity index (χ0) is 9.68. The van der Waals surface area contributed by atoms with E-state index >= 15 is 0 Å². The molecule has 6 heteroatoms. The van der Waals surface area contributed by atoms with Gasteiger partial charge >= 0.3 is 0 Å². The molecule has 1 aromatic heterocycles. The number of rotatable bonds is 4. The maximum absolute atomic E-state index is 11.7. The highest BCUT2D eigenvalue weighted by atomic mass is 35.5. The first-order valence-corrected chi connectivity index (χ1v) is 4.48. The summed E-state index contributed by atoms with van der Waals surface area (Å²) in [6.45, 7) is 0.134. The number of nitrogens with one attached hydrogen (secondary N) is 1. The minimum Gasteiger partial charge on any atom is -0.382 e. The van der Waals surface area contributed by atoms with Gasteiger partial charge in [0, 0.05) is 12.6 Å². The van der Waals surface area contributed by atoms with Crippen molar-refractivity contribution >= 4 is 28.9 Å². The Hall–Kier alpha value is -0.610. The van der Waals surface area contributed by atoms with Crippen molar-refractivity contribution in [3.05, 3.63) is 16.4 Å². The molecule has 1 N–H and O–H groups in total. The minimum atomic E-state index is -0.364. The molecule has 0 saturated heterocycles. The number of anilines is 1. The van der Waals surface area contributed by atoms with E-state index in [4.69, 9.17) is 23.2 Å². The molecular weight excluding hydrogens is 216 g/mol. The van der Waals surface area contributed by atoms with Crippen LogP contribution in [0.2, 0.25) is 10.3 Å². The van der Waals surface area contributed by atoms with E-state index in [1.807, 2.05) is 0 Å². The second-order valence-corrected chi connectivity index (χ2v) is 3.09. The van der Waals surface area contributed by atoms with E-state index in [0.717, 1.165) is 0 Å². The zero-order valence-electron chi connectivity index (χ0n) is 6.73. The van der Waals surface area contributed by atoms with Gasteiger partial charge in [0.2, 0.25) is 0 Å². The molecule has 0 aliphatic carbocycles. The molecule has 0 radical (unpaired) electrons. The Morgan fingerprint density at radius 2 is 2.15 bits per heavy atom. The Labute approximate surface area is 85.3 Å². The fourth-order valence-electron chi connectivity index (χ4n) is 0.767. The van der Waals surface area contributed by atoms with Crippen LogP contribution in [0.3, 0.4) is 0 Å². The number of alkyl halides is 1. The minimum absolute atomic E-state index is 0.239. The molecule has 0 unspecified atom stereocenters. The molecule has 3 nitrogen and oxygen atoms in total. The Kier molecular flexibility index (Phi) is 4.18. The van der Waals surface area contributed by atoms with E-state index in [-0.39, 0.29) is 17.0 Å². The molecule has 0 atom stereocenters. The highest BCUT2D eigenvalue weighted by Gasteiger charge is 2.02. The predicted molar refractivity (Wildman–Crippen MR) is 51.1 cm³/mol. The highest BCUT2D eigenvalue weighted by Crippen LogP contribution is 2.20. The van der Waals surface area contributed by atoms with Crippen molar-refractivity contribution in [1.82, 2.24) is 10.2 Å². The smallest absolute Gasteiger partial charge is 0.174 e. The largest absolute Gasteiger partial charge is 0.382 e. The van der Waals surface area contributed by atoms with Crippen molar-refractivity contribution in [3.63, 3.8) is 0 Å². The number of halogens is 3. The SMILES string of the molecule is FCCCNc1cc(Cl)nnc1Cl. The van der Waals surface area contributed by atoms with Gasteiger partial charge < -0.3 is 5.32 Å². The number of hydrogen-bond acceptors (Lipinski definition) is 3. The first-order chi connectivity index (χ1) is 6.24. The van der Waals surface area contributed by atoms with E-state index in [0.29, 0.717) is 18.7 Å². The molecule has 0 aromatic carbocycles. The van der Waals surface area contributed by atoms with Gasteiger partial charge in [-0.05, 0) is 6.42 Å². The van der Waals surface area contributed by atoms with Crippen LogP contribution in [-0.4, -0.2) is 23.4 Å². The van der Waals surface area contributed by atoms with Crippen LogP contribution in [-0.2, 0) is 0 Å². The molecule has 0 aliphatic heterocycles. The van der Waals surface area contributed by atoms with Gasteiger partial charge in [-0.1, -0.05) is 23.2 Å². The van der Waals surface area contributed by atoms with Crippen LogP contribution in [0, 0.1) is 0 Å². The lowest BCUT2D eigenvalue weighted by atomic mass is 10.4. The standard InChI is InChI=1S/C7H8Cl2FN3/c8-6-4-5(7(9)13-12-6)11-3-1-2-10/h4H,1-3H2,(H,11,12). The van der Waals surface area contributed by atoms with Gasteiger partial charge in [-0.3, -0.25) is 4.39 Å². The summed E-state index contributed by atoms with van der Waals surface area (Å²) in [5.41, 5.74) is 0.579. The number of nitrogens with zero attached hydrogens (tertiary/aromatic N) is 2. The molecule has 0 saturated carbocycles. The van der Waals surface area contributed by atoms with E-state index in [9.17, 15) is 4.39 Å². The fraction of sp³-hybridized carbons (Fsp3) is 0.429. The average Bonchev–Trinajstić information content (AvgIpc) is 2.11. The normalized spacial score (nSPS) is 10.1. The predicted octanol–water partition coefficient (Wildman–Crippen LogP) is 2.55. The van der Waals surface area contributed by atoms with Crippen molar-refractivity contribution < 1.29 is 4.39 Å². The van der Waals surface area contributed by atoms with Gasteiger partial charge in [0.25, 0.3) is 0 Å². The first-order valence-electron chi connectivity index (χ1n) is 3.72. The lowest BCUT2D eigenvalue weighted by molar-refractivity contribution is 0.481. The summed E-state index contributed by atoms with van der Waals surface area (Å²) in [4.78, 5) is 0. The second kappa shape index (κ2) is 5.19. The van der Waals surface area contributed by atoms with Crippen molar-refractivity contribution in [2.75, 3.05) is 18.5 Å². The van der Waals surface area contributed by atoms with Crippen molar-refractivity contribution in [1.29, 1.82) is 0 Å². The molecule has 1 rings (SSSR count). The quantitative estimate of drug-likeness (QED) is 0.798. The molecular formula is C7H8Cl2FN3. The van der Waals surface area contributed by atoms with Gasteiger partial charge in [-0.15, -0.1) is 10.2 Å². The lowest BCUT2D eigenvalue weighted by Gasteiger charge is -2.05. The third kappa shape index (κ3) is 3.32. The van der Waals surface area contributed by atoms with Gasteiger partial charge in [-0.2, -0.15) is 0 Å². The van der Waals surface area contributed by atoms with Gasteiger partial charge in [0.1, 0.15) is 0 Å². The van der Waals surface area contributed by atoms with Crippen LogP contribution < -0.4 is 5.32 Å². The first kappa shape index (κ1) is 10.5. The summed E-state index contributed by atoms with van der Waals surface area (Å²) >= 11 is 11.3. The van der Waals surface area contributed by atoms with Gasteiger partial charge in [-0.25, -0.2) is 0 Å². The number of aromatic nitrogens is 2. The molecule has 0 spiro atoms. The molecule has 72 valence electrons. The molecule has 1 heterocycles. The summed E-state index contributed by atoms with van der Waals surface area (Å²) in [7, 11) is 0. The van der Waals surface area contributed by atoms with E-state index < -0.39 is 0 Å². The van der Waals surface area contributed by atoms with Crippen LogP contribution in [0.4, 0.5) is 10.1 Å². The topological polar surface area (TPSA) is 37.8 Å². The summed E-state index contributed by atoms with van der Waals surface area (Å²) in [6, 6.07) is 1.55. The van der Waals surface area contributed by atoms with Crippen molar-refractivity contribution in [2.45, 2.75) is 6.42 Å².